The van der Waals surface area contributed by atoms with Crippen molar-refractivity contribution in [3.05, 3.63) is 17.7 Å². The highest BCUT2D eigenvalue weighted by molar-refractivity contribution is 5.52. The van der Waals surface area contributed by atoms with E-state index < -0.39 is 12.1 Å². The molecule has 0 radical (unpaired) electrons. The van der Waals surface area contributed by atoms with Gasteiger partial charge < -0.3 is 25.1 Å². The van der Waals surface area contributed by atoms with Crippen molar-refractivity contribution >= 4 is 0 Å². The largest absolute Gasteiger partial charge is 0.496 e. The third-order valence-electron chi connectivity index (χ3n) is 3.22. The molecule has 1 aromatic carbocycles. The molecule has 2 atom stereocenters. The Labute approximate surface area is 120 Å². The summed E-state index contributed by atoms with van der Waals surface area (Å²) in [5.74, 6) is 2.08. The van der Waals surface area contributed by atoms with E-state index in [9.17, 15) is 5.11 Å². The zero-order valence-corrected chi connectivity index (χ0v) is 12.8. The van der Waals surface area contributed by atoms with Gasteiger partial charge in [-0.2, -0.15) is 0 Å². The van der Waals surface area contributed by atoms with Crippen molar-refractivity contribution in [2.75, 3.05) is 21.3 Å². The van der Waals surface area contributed by atoms with Gasteiger partial charge in [-0.1, -0.05) is 13.8 Å². The van der Waals surface area contributed by atoms with Crippen LogP contribution in [0.5, 0.6) is 17.2 Å². The maximum absolute atomic E-state index is 10.2. The minimum atomic E-state index is -0.637. The van der Waals surface area contributed by atoms with Crippen LogP contribution in [0.15, 0.2) is 12.1 Å². The number of hydrogen-bond donors (Lipinski definition) is 2. The Balaban J connectivity index is 3.14. The van der Waals surface area contributed by atoms with Crippen molar-refractivity contribution < 1.29 is 19.3 Å². The molecule has 20 heavy (non-hydrogen) atoms. The van der Waals surface area contributed by atoms with Gasteiger partial charge in [-0.15, -0.1) is 0 Å². The lowest BCUT2D eigenvalue weighted by Crippen LogP contribution is -2.28. The molecule has 5 nitrogen and oxygen atoms in total. The van der Waals surface area contributed by atoms with Gasteiger partial charge in [-0.05, 0) is 18.4 Å². The number of rotatable bonds is 7. The van der Waals surface area contributed by atoms with Gasteiger partial charge in [0.25, 0.3) is 0 Å². The van der Waals surface area contributed by atoms with Crippen molar-refractivity contribution in [2.24, 2.45) is 11.7 Å². The van der Waals surface area contributed by atoms with Crippen LogP contribution in [0.4, 0.5) is 0 Å². The van der Waals surface area contributed by atoms with E-state index in [1.54, 1.807) is 33.5 Å². The first kappa shape index (κ1) is 16.6. The fourth-order valence-electron chi connectivity index (χ4n) is 2.15. The monoisotopic (exact) mass is 283 g/mol. The molecule has 0 bridgehead atoms. The molecule has 0 saturated heterocycles. The topological polar surface area (TPSA) is 73.9 Å². The van der Waals surface area contributed by atoms with Crippen LogP contribution in [-0.4, -0.2) is 32.5 Å². The Morgan fingerprint density at radius 3 is 1.95 bits per heavy atom. The highest BCUT2D eigenvalue weighted by atomic mass is 16.5. The molecule has 0 unspecified atom stereocenters. The molecule has 0 spiro atoms. The predicted molar refractivity (Wildman–Crippen MR) is 78.5 cm³/mol. The first-order valence-corrected chi connectivity index (χ1v) is 6.68. The van der Waals surface area contributed by atoms with Crippen molar-refractivity contribution in [2.45, 2.75) is 32.4 Å². The van der Waals surface area contributed by atoms with Crippen LogP contribution in [0.3, 0.4) is 0 Å². The van der Waals surface area contributed by atoms with E-state index in [2.05, 4.69) is 0 Å². The summed E-state index contributed by atoms with van der Waals surface area (Å²) in [6.45, 7) is 4.09. The number of ether oxygens (including phenoxy) is 3. The lowest BCUT2D eigenvalue weighted by molar-refractivity contribution is 0.119. The molecule has 0 aliphatic rings. The molecule has 114 valence electrons. The van der Waals surface area contributed by atoms with Gasteiger partial charge in [0, 0.05) is 11.6 Å². The van der Waals surface area contributed by atoms with Crippen molar-refractivity contribution in [3.63, 3.8) is 0 Å². The van der Waals surface area contributed by atoms with Gasteiger partial charge in [0.2, 0.25) is 0 Å². The predicted octanol–water partition coefficient (Wildman–Crippen LogP) is 2.12. The summed E-state index contributed by atoms with van der Waals surface area (Å²) in [4.78, 5) is 0. The maximum Gasteiger partial charge on any atom is 0.164 e. The number of methoxy groups -OCH3 is 3. The van der Waals surface area contributed by atoms with Crippen LogP contribution in [0.25, 0.3) is 0 Å². The summed E-state index contributed by atoms with van der Waals surface area (Å²) in [5.41, 5.74) is 6.86. The highest BCUT2D eigenvalue weighted by Gasteiger charge is 2.23. The van der Waals surface area contributed by atoms with Crippen LogP contribution in [0.2, 0.25) is 0 Å². The second kappa shape index (κ2) is 7.36. The quantitative estimate of drug-likeness (QED) is 0.802. The van der Waals surface area contributed by atoms with E-state index >= 15 is 0 Å². The van der Waals surface area contributed by atoms with Gasteiger partial charge in [-0.3, -0.25) is 0 Å². The third-order valence-corrected chi connectivity index (χ3v) is 3.22. The molecule has 0 fully saturated rings. The smallest absolute Gasteiger partial charge is 0.164 e. The average Bonchev–Trinajstić information content (AvgIpc) is 2.44. The third kappa shape index (κ3) is 3.77. The van der Waals surface area contributed by atoms with E-state index in [4.69, 9.17) is 19.9 Å². The summed E-state index contributed by atoms with van der Waals surface area (Å²) in [6.07, 6.45) is -0.0134. The van der Waals surface area contributed by atoms with Gasteiger partial charge >= 0.3 is 0 Å². The zero-order valence-electron chi connectivity index (χ0n) is 12.8. The minimum Gasteiger partial charge on any atom is -0.496 e. The summed E-state index contributed by atoms with van der Waals surface area (Å²) in [7, 11) is 4.68. The molecule has 1 aromatic rings. The Bertz CT molecular complexity index is 434. The van der Waals surface area contributed by atoms with E-state index in [1.165, 1.54) is 0 Å². The Kier molecular flexibility index (Phi) is 6.10. The summed E-state index contributed by atoms with van der Waals surface area (Å²) >= 11 is 0. The lowest BCUT2D eigenvalue weighted by Gasteiger charge is -2.23. The SMILES string of the molecule is COc1cc(OC)c([C@H](N)[C@H](O)CC(C)C)cc1OC. The Hall–Kier alpha value is -1.46. The van der Waals surface area contributed by atoms with Crippen LogP contribution < -0.4 is 19.9 Å². The Morgan fingerprint density at radius 1 is 1.00 bits per heavy atom. The van der Waals surface area contributed by atoms with Crippen LogP contribution in [0, 0.1) is 5.92 Å². The first-order valence-electron chi connectivity index (χ1n) is 6.68. The molecule has 0 amide bonds. The molecule has 0 aliphatic heterocycles. The Morgan fingerprint density at radius 2 is 1.50 bits per heavy atom. The van der Waals surface area contributed by atoms with Crippen LogP contribution in [0.1, 0.15) is 31.9 Å². The summed E-state index contributed by atoms with van der Waals surface area (Å²) in [6, 6.07) is 2.94. The summed E-state index contributed by atoms with van der Waals surface area (Å²) < 4.78 is 15.8. The molecule has 1 rings (SSSR count). The van der Waals surface area contributed by atoms with Gasteiger partial charge in [0.05, 0.1) is 33.5 Å². The fraction of sp³-hybridized carbons (Fsp3) is 0.600. The molecular weight excluding hydrogens is 258 g/mol. The number of aliphatic hydroxyl groups is 1. The zero-order chi connectivity index (χ0) is 15.3. The number of hydrogen-bond acceptors (Lipinski definition) is 5. The molecule has 0 aliphatic carbocycles. The van der Waals surface area contributed by atoms with Crippen LogP contribution >= 0.6 is 0 Å². The molecule has 0 heterocycles. The van der Waals surface area contributed by atoms with E-state index in [-0.39, 0.29) is 0 Å². The first-order chi connectivity index (χ1) is 9.44. The standard InChI is InChI=1S/C15H25NO4/c1-9(2)6-11(17)15(16)10-7-13(19-4)14(20-5)8-12(10)18-3/h7-9,11,15,17H,6,16H2,1-5H3/t11-,15+/m1/s1. The van der Waals surface area contributed by atoms with Gasteiger partial charge in [-0.25, -0.2) is 0 Å². The molecule has 0 aromatic heterocycles. The van der Waals surface area contributed by atoms with Crippen molar-refractivity contribution in [1.29, 1.82) is 0 Å². The number of nitrogens with two attached hydrogens (primary N) is 1. The second-order valence-corrected chi connectivity index (χ2v) is 5.17. The van der Waals surface area contributed by atoms with E-state index in [0.717, 1.165) is 0 Å². The van der Waals surface area contributed by atoms with Gasteiger partial charge in [0.1, 0.15) is 5.75 Å². The number of benzene rings is 1. The maximum atomic E-state index is 10.2. The molecule has 0 saturated carbocycles. The lowest BCUT2D eigenvalue weighted by atomic mass is 9.94. The molecular formula is C15H25NO4. The number of aliphatic hydroxyl groups excluding tert-OH is 1. The fourth-order valence-corrected chi connectivity index (χ4v) is 2.15. The normalized spacial score (nSPS) is 14.0. The summed E-state index contributed by atoms with van der Waals surface area (Å²) in [5, 5.41) is 10.2. The van der Waals surface area contributed by atoms with Crippen molar-refractivity contribution in [1.82, 2.24) is 0 Å². The van der Waals surface area contributed by atoms with Gasteiger partial charge in [0.15, 0.2) is 11.5 Å². The second-order valence-electron chi connectivity index (χ2n) is 5.17. The average molecular weight is 283 g/mol. The van der Waals surface area contributed by atoms with E-state index in [0.29, 0.717) is 35.2 Å². The van der Waals surface area contributed by atoms with E-state index in [1.807, 2.05) is 13.8 Å². The molecule has 3 N–H and O–H groups in total. The minimum absolute atomic E-state index is 0.363. The molecule has 5 heteroatoms. The highest BCUT2D eigenvalue weighted by Crippen LogP contribution is 2.38. The van der Waals surface area contributed by atoms with Crippen LogP contribution in [-0.2, 0) is 0 Å². The van der Waals surface area contributed by atoms with Crippen molar-refractivity contribution in [3.8, 4) is 17.2 Å².